The summed E-state index contributed by atoms with van der Waals surface area (Å²) in [4.78, 5) is 24.1. The highest BCUT2D eigenvalue weighted by atomic mass is 16.4. The molecule has 0 saturated heterocycles. The summed E-state index contributed by atoms with van der Waals surface area (Å²) in [7, 11) is 0. The van der Waals surface area contributed by atoms with Crippen LogP contribution in [0, 0.1) is 0 Å². The van der Waals surface area contributed by atoms with E-state index in [4.69, 9.17) is 9.52 Å². The zero-order valence-electron chi connectivity index (χ0n) is 7.11. The molecule has 0 bridgehead atoms. The maximum absolute atomic E-state index is 11.3. The predicted molar refractivity (Wildman–Crippen MR) is 49.0 cm³/mol. The second-order valence-electron chi connectivity index (χ2n) is 2.83. The van der Waals surface area contributed by atoms with Crippen molar-refractivity contribution in [2.45, 2.75) is 6.61 Å². The Kier molecular flexibility index (Phi) is 1.94. The van der Waals surface area contributed by atoms with Crippen LogP contribution in [-0.4, -0.2) is 10.1 Å². The first-order valence-corrected chi connectivity index (χ1v) is 3.97. The van der Waals surface area contributed by atoms with Crippen LogP contribution in [0.2, 0.25) is 0 Å². The van der Waals surface area contributed by atoms with Crippen LogP contribution in [-0.2, 0) is 6.61 Å². The summed E-state index contributed by atoms with van der Waals surface area (Å²) in [5.41, 5.74) is 0.305. The summed E-state index contributed by atoms with van der Waals surface area (Å²) in [6.07, 6.45) is 0. The summed E-state index contributed by atoms with van der Waals surface area (Å²) < 4.78 is 4.75. The summed E-state index contributed by atoms with van der Waals surface area (Å²) in [6, 6.07) is 4.55. The zero-order valence-corrected chi connectivity index (χ0v) is 7.11. The van der Waals surface area contributed by atoms with Crippen molar-refractivity contribution in [1.82, 2.24) is 4.98 Å². The number of benzene rings is 1. The van der Waals surface area contributed by atoms with Gasteiger partial charge in [0.1, 0.15) is 5.58 Å². The highest BCUT2D eigenvalue weighted by Crippen LogP contribution is 2.09. The van der Waals surface area contributed by atoms with E-state index in [0.29, 0.717) is 5.56 Å². The minimum Gasteiger partial charge on any atom is -0.409 e. The van der Waals surface area contributed by atoms with Crippen molar-refractivity contribution >= 4 is 11.0 Å². The molecule has 0 saturated carbocycles. The highest BCUT2D eigenvalue weighted by molar-refractivity contribution is 5.75. The molecule has 1 aromatic heterocycles. The van der Waals surface area contributed by atoms with Gasteiger partial charge in [-0.25, -0.2) is 4.79 Å². The van der Waals surface area contributed by atoms with Gasteiger partial charge in [0.05, 0.1) is 12.0 Å². The Labute approximate surface area is 77.6 Å². The van der Waals surface area contributed by atoms with Crippen LogP contribution in [0.1, 0.15) is 5.56 Å². The summed E-state index contributed by atoms with van der Waals surface area (Å²) in [6.45, 7) is -0.158. The summed E-state index contributed by atoms with van der Waals surface area (Å²) >= 11 is 0. The lowest BCUT2D eigenvalue weighted by Crippen LogP contribution is -2.18. The molecule has 5 heteroatoms. The molecule has 5 nitrogen and oxygen atoms in total. The van der Waals surface area contributed by atoms with Crippen LogP contribution in [0.3, 0.4) is 0 Å². The van der Waals surface area contributed by atoms with E-state index in [1.54, 1.807) is 6.07 Å². The van der Waals surface area contributed by atoms with E-state index in [1.165, 1.54) is 12.1 Å². The maximum atomic E-state index is 11.3. The fourth-order valence-electron chi connectivity index (χ4n) is 1.23. The van der Waals surface area contributed by atoms with Crippen molar-refractivity contribution in [3.63, 3.8) is 0 Å². The van der Waals surface area contributed by atoms with Gasteiger partial charge in [0.15, 0.2) is 0 Å². The number of aliphatic hydroxyl groups excluding tert-OH is 1. The molecule has 0 aliphatic heterocycles. The lowest BCUT2D eigenvalue weighted by Gasteiger charge is -1.97. The van der Waals surface area contributed by atoms with Crippen molar-refractivity contribution < 1.29 is 9.52 Å². The Morgan fingerprint density at radius 2 is 2.14 bits per heavy atom. The van der Waals surface area contributed by atoms with E-state index in [0.717, 1.165) is 0 Å². The molecule has 2 N–H and O–H groups in total. The Morgan fingerprint density at radius 1 is 1.36 bits per heavy atom. The topological polar surface area (TPSA) is 83.3 Å². The molecule has 2 aromatic rings. The van der Waals surface area contributed by atoms with E-state index >= 15 is 0 Å². The number of hydrogen-bond donors (Lipinski definition) is 2. The predicted octanol–water partition coefficient (Wildman–Crippen LogP) is -0.0264. The van der Waals surface area contributed by atoms with Crippen LogP contribution in [0.25, 0.3) is 11.0 Å². The van der Waals surface area contributed by atoms with Crippen LogP contribution in [0.5, 0.6) is 0 Å². The van der Waals surface area contributed by atoms with Crippen molar-refractivity contribution in [3.8, 4) is 0 Å². The lowest BCUT2D eigenvalue weighted by molar-refractivity contribution is 0.282. The molecular weight excluding hydrogens is 186 g/mol. The average Bonchev–Trinajstić information content (AvgIpc) is 2.17. The van der Waals surface area contributed by atoms with Crippen molar-refractivity contribution in [2.75, 3.05) is 0 Å². The van der Waals surface area contributed by atoms with E-state index in [2.05, 4.69) is 0 Å². The Bertz CT molecular complexity index is 581. The molecule has 0 atom stereocenters. The monoisotopic (exact) mass is 193 g/mol. The number of hydrogen-bond acceptors (Lipinski definition) is 4. The SMILES string of the molecule is O=c1[nH]c(=O)c2cc(CO)ccc2o1. The molecule has 1 aromatic carbocycles. The molecule has 1 heterocycles. The van der Waals surface area contributed by atoms with Crippen LogP contribution >= 0.6 is 0 Å². The van der Waals surface area contributed by atoms with Crippen LogP contribution < -0.4 is 11.3 Å². The fourth-order valence-corrected chi connectivity index (χ4v) is 1.23. The van der Waals surface area contributed by atoms with Crippen LogP contribution in [0.4, 0.5) is 0 Å². The molecule has 2 rings (SSSR count). The van der Waals surface area contributed by atoms with Gasteiger partial charge in [-0.3, -0.25) is 9.78 Å². The standard InChI is InChI=1S/C9H7NO4/c11-4-5-1-2-7-6(3-5)8(12)10-9(13)14-7/h1-3,11H,4H2,(H,10,12,13). The third-order valence-corrected chi connectivity index (χ3v) is 1.89. The first-order chi connectivity index (χ1) is 6.70. The van der Waals surface area contributed by atoms with Gasteiger partial charge >= 0.3 is 5.76 Å². The Hall–Kier alpha value is -1.88. The number of H-pyrrole nitrogens is 1. The second kappa shape index (κ2) is 3.12. The number of nitrogens with one attached hydrogen (secondary N) is 1. The second-order valence-corrected chi connectivity index (χ2v) is 2.83. The first kappa shape index (κ1) is 8.71. The van der Waals surface area contributed by atoms with E-state index in [-0.39, 0.29) is 17.6 Å². The van der Waals surface area contributed by atoms with Gasteiger partial charge in [-0.05, 0) is 17.7 Å². The third kappa shape index (κ3) is 1.33. The Morgan fingerprint density at radius 3 is 2.86 bits per heavy atom. The summed E-state index contributed by atoms with van der Waals surface area (Å²) in [5.74, 6) is -0.778. The first-order valence-electron chi connectivity index (χ1n) is 3.97. The van der Waals surface area contributed by atoms with E-state index < -0.39 is 11.3 Å². The number of rotatable bonds is 1. The molecule has 0 radical (unpaired) electrons. The zero-order chi connectivity index (χ0) is 10.1. The molecule has 14 heavy (non-hydrogen) atoms. The van der Waals surface area contributed by atoms with Gasteiger partial charge in [-0.15, -0.1) is 0 Å². The van der Waals surface area contributed by atoms with E-state index in [9.17, 15) is 9.59 Å². The van der Waals surface area contributed by atoms with Crippen molar-refractivity contribution in [2.24, 2.45) is 0 Å². The quantitative estimate of drug-likeness (QED) is 0.666. The number of aromatic amines is 1. The lowest BCUT2D eigenvalue weighted by atomic mass is 10.2. The fraction of sp³-hybridized carbons (Fsp3) is 0.111. The van der Waals surface area contributed by atoms with Gasteiger partial charge in [0.2, 0.25) is 0 Å². The average molecular weight is 193 g/mol. The summed E-state index contributed by atoms with van der Waals surface area (Å²) in [5, 5.41) is 9.10. The molecule has 0 unspecified atom stereocenters. The van der Waals surface area contributed by atoms with Gasteiger partial charge in [-0.1, -0.05) is 6.07 Å². The maximum Gasteiger partial charge on any atom is 0.419 e. The molecule has 0 spiro atoms. The normalized spacial score (nSPS) is 10.6. The third-order valence-electron chi connectivity index (χ3n) is 1.89. The highest BCUT2D eigenvalue weighted by Gasteiger charge is 2.02. The van der Waals surface area contributed by atoms with Gasteiger partial charge in [-0.2, -0.15) is 0 Å². The molecule has 72 valence electrons. The van der Waals surface area contributed by atoms with Gasteiger partial charge < -0.3 is 9.52 Å². The molecule has 0 amide bonds. The Balaban J connectivity index is 2.89. The van der Waals surface area contributed by atoms with Gasteiger partial charge in [0, 0.05) is 0 Å². The number of aromatic nitrogens is 1. The van der Waals surface area contributed by atoms with Crippen molar-refractivity contribution in [3.05, 3.63) is 44.7 Å². The molecule has 0 fully saturated rings. The molecule has 0 aliphatic rings. The van der Waals surface area contributed by atoms with Crippen LogP contribution in [0.15, 0.2) is 32.2 Å². The molecular formula is C9H7NO4. The molecule has 0 aliphatic carbocycles. The van der Waals surface area contributed by atoms with E-state index in [1.807, 2.05) is 4.98 Å². The van der Waals surface area contributed by atoms with Crippen molar-refractivity contribution in [1.29, 1.82) is 0 Å². The van der Waals surface area contributed by atoms with Gasteiger partial charge in [0.25, 0.3) is 5.56 Å². The smallest absolute Gasteiger partial charge is 0.409 e. The largest absolute Gasteiger partial charge is 0.419 e. The number of aliphatic hydroxyl groups is 1. The minimum absolute atomic E-state index is 0.158. The minimum atomic E-state index is -0.778. The number of fused-ring (bicyclic) bond motifs is 1.